The van der Waals surface area contributed by atoms with Gasteiger partial charge in [-0.1, -0.05) is 60.1 Å². The van der Waals surface area contributed by atoms with Gasteiger partial charge in [0.25, 0.3) is 0 Å². The van der Waals surface area contributed by atoms with E-state index in [-0.39, 0.29) is 0 Å². The smallest absolute Gasteiger partial charge is 0.330 e. The lowest BCUT2D eigenvalue weighted by molar-refractivity contribution is -0.0893. The second-order valence-electron chi connectivity index (χ2n) is 7.07. The lowest BCUT2D eigenvalue weighted by Crippen LogP contribution is -2.49. The molecule has 1 N–H and O–H groups in total. The van der Waals surface area contributed by atoms with Gasteiger partial charge in [-0.2, -0.15) is 0 Å². The van der Waals surface area contributed by atoms with E-state index in [0.717, 1.165) is 5.46 Å². The number of hydrogen-bond donors (Lipinski definition) is 1. The molecule has 3 heteroatoms. The van der Waals surface area contributed by atoms with E-state index in [1.54, 1.807) is 21.3 Å². The van der Waals surface area contributed by atoms with Crippen molar-refractivity contribution in [3.63, 3.8) is 0 Å². The molecule has 0 aliphatic heterocycles. The molecule has 0 aromatic heterocycles. The highest BCUT2D eigenvalue weighted by atomic mass is 16.5. The molecular formula is C20H22BO2. The number of fused-ring (bicyclic) bond motifs is 3. The van der Waals surface area contributed by atoms with Crippen LogP contribution in [-0.4, -0.2) is 23.8 Å². The third kappa shape index (κ3) is 3.12. The van der Waals surface area contributed by atoms with E-state index in [4.69, 9.17) is 4.65 Å². The molecule has 0 atom stereocenters. The molecule has 3 aromatic rings. The average Bonchev–Trinajstić information content (AvgIpc) is 2.51. The maximum absolute atomic E-state index is 10.2. The monoisotopic (exact) mass is 305 g/mol. The molecule has 0 saturated heterocycles. The number of rotatable bonds is 4. The number of aliphatic hydroxyl groups is 1. The SMILES string of the molecule is CC(C)(O)C(C)(C)O[B]c1ccc2c(ccc3ccccc32)c1. The molecule has 0 heterocycles. The third-order valence-electron chi connectivity index (χ3n) is 4.73. The van der Waals surface area contributed by atoms with Crippen molar-refractivity contribution in [2.75, 3.05) is 0 Å². The van der Waals surface area contributed by atoms with Crippen LogP contribution in [0.3, 0.4) is 0 Å². The summed E-state index contributed by atoms with van der Waals surface area (Å²) in [5.74, 6) is 0. The summed E-state index contributed by atoms with van der Waals surface area (Å²) in [6.07, 6.45) is 0. The highest BCUT2D eigenvalue weighted by Crippen LogP contribution is 2.26. The first-order valence-electron chi connectivity index (χ1n) is 7.93. The molecule has 0 unspecified atom stereocenters. The first-order valence-corrected chi connectivity index (χ1v) is 7.93. The fraction of sp³-hybridized carbons (Fsp3) is 0.300. The highest BCUT2D eigenvalue weighted by Gasteiger charge is 2.35. The van der Waals surface area contributed by atoms with Crippen molar-refractivity contribution in [1.29, 1.82) is 0 Å². The van der Waals surface area contributed by atoms with Gasteiger partial charge in [0, 0.05) is 0 Å². The Morgan fingerprint density at radius 3 is 2.22 bits per heavy atom. The Bertz CT molecular complexity index is 847. The minimum absolute atomic E-state index is 0.661. The van der Waals surface area contributed by atoms with Crippen LogP contribution in [-0.2, 0) is 4.65 Å². The molecule has 2 nitrogen and oxygen atoms in total. The van der Waals surface area contributed by atoms with Gasteiger partial charge >= 0.3 is 7.48 Å². The van der Waals surface area contributed by atoms with Gasteiger partial charge in [0.2, 0.25) is 0 Å². The van der Waals surface area contributed by atoms with Gasteiger partial charge < -0.3 is 9.76 Å². The molecule has 1 radical (unpaired) electrons. The summed E-state index contributed by atoms with van der Waals surface area (Å²) in [6, 6.07) is 19.0. The van der Waals surface area contributed by atoms with Crippen LogP contribution in [0.1, 0.15) is 27.7 Å². The first kappa shape index (κ1) is 16.0. The van der Waals surface area contributed by atoms with Gasteiger partial charge in [-0.15, -0.1) is 0 Å². The molecule has 23 heavy (non-hydrogen) atoms. The van der Waals surface area contributed by atoms with E-state index in [9.17, 15) is 5.11 Å². The van der Waals surface area contributed by atoms with Crippen LogP contribution in [0, 0.1) is 0 Å². The highest BCUT2D eigenvalue weighted by molar-refractivity contribution is 6.47. The Hall–Kier alpha value is -1.84. The Balaban J connectivity index is 1.91. The summed E-state index contributed by atoms with van der Waals surface area (Å²) in [7, 11) is 1.73. The van der Waals surface area contributed by atoms with Crippen LogP contribution in [0.15, 0.2) is 54.6 Å². The van der Waals surface area contributed by atoms with E-state index >= 15 is 0 Å². The summed E-state index contributed by atoms with van der Waals surface area (Å²) in [5, 5.41) is 15.1. The van der Waals surface area contributed by atoms with Crippen molar-refractivity contribution >= 4 is 34.5 Å². The predicted molar refractivity (Wildman–Crippen MR) is 98.3 cm³/mol. The van der Waals surface area contributed by atoms with Crippen LogP contribution < -0.4 is 5.46 Å². The van der Waals surface area contributed by atoms with Gasteiger partial charge in [0.05, 0.1) is 11.2 Å². The Morgan fingerprint density at radius 2 is 1.48 bits per heavy atom. The van der Waals surface area contributed by atoms with Crippen LogP contribution in [0.2, 0.25) is 0 Å². The second kappa shape index (κ2) is 5.66. The first-order chi connectivity index (χ1) is 10.8. The summed E-state index contributed by atoms with van der Waals surface area (Å²) < 4.78 is 5.84. The lowest BCUT2D eigenvalue weighted by Gasteiger charge is -2.37. The maximum Gasteiger partial charge on any atom is 0.330 e. The van der Waals surface area contributed by atoms with E-state index in [0.29, 0.717) is 0 Å². The third-order valence-corrected chi connectivity index (χ3v) is 4.73. The van der Waals surface area contributed by atoms with Crippen molar-refractivity contribution in [3.8, 4) is 0 Å². The van der Waals surface area contributed by atoms with E-state index in [1.165, 1.54) is 21.5 Å². The van der Waals surface area contributed by atoms with Crippen molar-refractivity contribution in [1.82, 2.24) is 0 Å². The van der Waals surface area contributed by atoms with Gasteiger partial charge in [0.15, 0.2) is 0 Å². The molecule has 0 fully saturated rings. The summed E-state index contributed by atoms with van der Waals surface area (Å²) >= 11 is 0. The summed E-state index contributed by atoms with van der Waals surface area (Å²) in [6.45, 7) is 7.29. The van der Waals surface area contributed by atoms with Gasteiger partial charge in [-0.25, -0.2) is 0 Å². The van der Waals surface area contributed by atoms with Crippen LogP contribution >= 0.6 is 0 Å². The van der Waals surface area contributed by atoms with Crippen LogP contribution in [0.4, 0.5) is 0 Å². The lowest BCUT2D eigenvalue weighted by atomic mass is 9.81. The van der Waals surface area contributed by atoms with Crippen molar-refractivity contribution in [3.05, 3.63) is 54.6 Å². The summed E-state index contributed by atoms with van der Waals surface area (Å²) in [5.41, 5.74) is -0.591. The predicted octanol–water partition coefficient (Wildman–Crippen LogP) is 3.80. The maximum atomic E-state index is 10.2. The number of benzene rings is 3. The minimum atomic E-state index is -0.920. The van der Waals surface area contributed by atoms with Gasteiger partial charge in [-0.05, 0) is 49.2 Å². The quantitative estimate of drug-likeness (QED) is 0.587. The molecule has 0 aliphatic carbocycles. The van der Waals surface area contributed by atoms with Crippen molar-refractivity contribution in [2.24, 2.45) is 0 Å². The molecule has 0 aliphatic rings. The molecule has 3 aromatic carbocycles. The molecule has 0 bridgehead atoms. The van der Waals surface area contributed by atoms with Gasteiger partial charge in [0.1, 0.15) is 0 Å². The topological polar surface area (TPSA) is 29.5 Å². The Morgan fingerprint density at radius 1 is 0.826 bits per heavy atom. The van der Waals surface area contributed by atoms with Crippen LogP contribution in [0.25, 0.3) is 21.5 Å². The van der Waals surface area contributed by atoms with Crippen LogP contribution in [0.5, 0.6) is 0 Å². The average molecular weight is 305 g/mol. The second-order valence-corrected chi connectivity index (χ2v) is 7.07. The molecule has 3 rings (SSSR count). The Labute approximate surface area is 138 Å². The largest absolute Gasteiger partial charge is 0.427 e. The van der Waals surface area contributed by atoms with E-state index in [2.05, 4.69) is 54.6 Å². The zero-order valence-electron chi connectivity index (χ0n) is 14.1. The molecule has 0 spiro atoms. The van der Waals surface area contributed by atoms with Crippen molar-refractivity contribution < 1.29 is 9.76 Å². The number of hydrogen-bond acceptors (Lipinski definition) is 2. The fourth-order valence-electron chi connectivity index (χ4n) is 2.46. The molecule has 117 valence electrons. The molecule has 0 amide bonds. The molecule has 0 saturated carbocycles. The van der Waals surface area contributed by atoms with Crippen molar-refractivity contribution in [2.45, 2.75) is 38.9 Å². The standard InChI is InChI=1S/C20H22BO2/c1-19(2,22)20(3,4)23-21-16-11-12-18-15(13-16)10-9-14-7-5-6-8-17(14)18/h5-13,22H,1-4H3. The Kier molecular flexibility index (Phi) is 3.95. The minimum Gasteiger partial charge on any atom is -0.427 e. The zero-order chi connectivity index (χ0) is 16.7. The molecular weight excluding hydrogens is 283 g/mol. The fourth-order valence-corrected chi connectivity index (χ4v) is 2.46. The zero-order valence-corrected chi connectivity index (χ0v) is 14.1. The summed E-state index contributed by atoms with van der Waals surface area (Å²) in [4.78, 5) is 0. The van der Waals surface area contributed by atoms with Gasteiger partial charge in [-0.3, -0.25) is 0 Å². The van der Waals surface area contributed by atoms with E-state index in [1.807, 2.05) is 13.8 Å². The van der Waals surface area contributed by atoms with E-state index < -0.39 is 11.2 Å². The normalized spacial score (nSPS) is 12.7.